The Labute approximate surface area is 151 Å². The second-order valence-corrected chi connectivity index (χ2v) is 7.60. The molecule has 0 bridgehead atoms. The Kier molecular flexibility index (Phi) is 3.80. The first-order valence-electron chi connectivity index (χ1n) is 8.72. The molecular weight excluding hydrogens is 326 g/mol. The molecule has 1 aromatic carbocycles. The lowest BCUT2D eigenvalue weighted by molar-refractivity contribution is 0.0912. The van der Waals surface area contributed by atoms with Crippen molar-refractivity contribution in [1.29, 1.82) is 0 Å². The molecule has 132 valence electrons. The van der Waals surface area contributed by atoms with Crippen LogP contribution in [-0.4, -0.2) is 15.8 Å². The first kappa shape index (κ1) is 16.4. The summed E-state index contributed by atoms with van der Waals surface area (Å²) in [7, 11) is 0. The summed E-state index contributed by atoms with van der Waals surface area (Å²) >= 11 is 0. The van der Waals surface area contributed by atoms with E-state index in [9.17, 15) is 9.59 Å². The molecule has 4 rings (SSSR count). The molecule has 0 atom stereocenters. The summed E-state index contributed by atoms with van der Waals surface area (Å²) < 4.78 is 0. The Morgan fingerprint density at radius 3 is 2.54 bits per heavy atom. The number of H-pyrrole nitrogens is 2. The van der Waals surface area contributed by atoms with Crippen LogP contribution in [0, 0.1) is 5.41 Å². The van der Waals surface area contributed by atoms with Crippen LogP contribution < -0.4 is 10.9 Å². The van der Waals surface area contributed by atoms with Gasteiger partial charge in [-0.1, -0.05) is 32.0 Å². The molecule has 26 heavy (non-hydrogen) atoms. The number of aromatic amines is 2. The molecule has 0 saturated carbocycles. The largest absolute Gasteiger partial charge is 0.356 e. The van der Waals surface area contributed by atoms with Crippen molar-refractivity contribution in [3.05, 3.63) is 70.3 Å². The number of nitrogens with one attached hydrogen (secondary N) is 3. The molecule has 0 unspecified atom stereocenters. The minimum Gasteiger partial charge on any atom is -0.356 e. The molecule has 0 amide bonds. The zero-order valence-corrected chi connectivity index (χ0v) is 14.8. The highest BCUT2D eigenvalue weighted by molar-refractivity contribution is 6.07. The number of rotatable bonds is 3. The first-order valence-corrected chi connectivity index (χ1v) is 8.72. The minimum atomic E-state index is -0.174. The molecule has 1 aliphatic rings. The van der Waals surface area contributed by atoms with Crippen molar-refractivity contribution in [2.75, 3.05) is 5.32 Å². The zero-order chi connectivity index (χ0) is 18.3. The maximum atomic E-state index is 12.9. The maximum Gasteiger partial charge on any atom is 0.248 e. The first-order chi connectivity index (χ1) is 12.4. The molecule has 0 spiro atoms. The van der Waals surface area contributed by atoms with Crippen LogP contribution in [0.25, 0.3) is 11.3 Å². The third-order valence-corrected chi connectivity index (χ3v) is 4.76. The van der Waals surface area contributed by atoms with Gasteiger partial charge in [0, 0.05) is 35.6 Å². The molecule has 1 aliphatic carbocycles. The van der Waals surface area contributed by atoms with E-state index in [2.05, 4.69) is 29.1 Å². The molecule has 2 heterocycles. The Bertz CT molecular complexity index is 1030. The van der Waals surface area contributed by atoms with Crippen LogP contribution >= 0.6 is 0 Å². The molecular formula is C21H21N3O2. The number of pyridine rings is 1. The summed E-state index contributed by atoms with van der Waals surface area (Å²) in [6.45, 7) is 4.21. The van der Waals surface area contributed by atoms with Gasteiger partial charge >= 0.3 is 0 Å². The van der Waals surface area contributed by atoms with Crippen LogP contribution in [-0.2, 0) is 6.42 Å². The number of aromatic nitrogens is 2. The molecule has 0 radical (unpaired) electrons. The number of carbonyl (C=O) groups is 1. The monoisotopic (exact) mass is 347 g/mol. The molecule has 0 saturated heterocycles. The fourth-order valence-corrected chi connectivity index (χ4v) is 3.66. The smallest absolute Gasteiger partial charge is 0.248 e. The number of fused-ring (bicyclic) bond motifs is 1. The number of para-hydroxylation sites is 1. The van der Waals surface area contributed by atoms with Gasteiger partial charge in [0.15, 0.2) is 5.78 Å². The van der Waals surface area contributed by atoms with Gasteiger partial charge in [0.05, 0.1) is 16.9 Å². The molecule has 3 aromatic rings. The van der Waals surface area contributed by atoms with E-state index in [-0.39, 0.29) is 16.8 Å². The van der Waals surface area contributed by atoms with Gasteiger partial charge < -0.3 is 15.3 Å². The second-order valence-electron chi connectivity index (χ2n) is 7.60. The molecule has 0 aliphatic heterocycles. The van der Waals surface area contributed by atoms with Crippen molar-refractivity contribution in [3.63, 3.8) is 0 Å². The summed E-state index contributed by atoms with van der Waals surface area (Å²) in [4.78, 5) is 30.7. The summed E-state index contributed by atoms with van der Waals surface area (Å²) in [5.74, 6) is 0.127. The van der Waals surface area contributed by atoms with Gasteiger partial charge in [-0.15, -0.1) is 0 Å². The van der Waals surface area contributed by atoms with Crippen molar-refractivity contribution < 1.29 is 4.79 Å². The topological polar surface area (TPSA) is 77.8 Å². The van der Waals surface area contributed by atoms with Gasteiger partial charge in [-0.2, -0.15) is 0 Å². The number of benzene rings is 1. The van der Waals surface area contributed by atoms with Crippen LogP contribution in [0.2, 0.25) is 0 Å². The Morgan fingerprint density at radius 2 is 1.81 bits per heavy atom. The highest BCUT2D eigenvalue weighted by Gasteiger charge is 2.35. The predicted octanol–water partition coefficient (Wildman–Crippen LogP) is 4.27. The molecule has 3 N–H and O–H groups in total. The Balaban J connectivity index is 1.91. The Hall–Kier alpha value is -3.08. The van der Waals surface area contributed by atoms with Crippen LogP contribution in [0.15, 0.2) is 53.5 Å². The van der Waals surface area contributed by atoms with E-state index >= 15 is 0 Å². The third-order valence-electron chi connectivity index (χ3n) is 4.76. The van der Waals surface area contributed by atoms with Crippen LogP contribution in [0.5, 0.6) is 0 Å². The fraction of sp³-hybridized carbons (Fsp3) is 0.238. The average molecular weight is 347 g/mol. The summed E-state index contributed by atoms with van der Waals surface area (Å²) in [6.07, 6.45) is 2.92. The minimum absolute atomic E-state index is 0.0790. The highest BCUT2D eigenvalue weighted by atomic mass is 16.1. The van der Waals surface area contributed by atoms with E-state index in [1.165, 1.54) is 0 Å². The average Bonchev–Trinajstić information content (AvgIpc) is 2.93. The van der Waals surface area contributed by atoms with Crippen LogP contribution in [0.1, 0.15) is 36.3 Å². The van der Waals surface area contributed by atoms with E-state index < -0.39 is 0 Å². The quantitative estimate of drug-likeness (QED) is 0.662. The number of carbonyl (C=O) groups excluding carboxylic acids is 1. The van der Waals surface area contributed by atoms with Gasteiger partial charge in [0.25, 0.3) is 0 Å². The van der Waals surface area contributed by atoms with E-state index in [0.717, 1.165) is 34.7 Å². The van der Waals surface area contributed by atoms with Gasteiger partial charge in [0.1, 0.15) is 0 Å². The van der Waals surface area contributed by atoms with Crippen molar-refractivity contribution in [3.8, 4) is 11.3 Å². The lowest BCUT2D eigenvalue weighted by atomic mass is 9.76. The van der Waals surface area contributed by atoms with Crippen molar-refractivity contribution >= 4 is 17.2 Å². The summed E-state index contributed by atoms with van der Waals surface area (Å²) in [5, 5.41) is 3.39. The number of anilines is 2. The van der Waals surface area contributed by atoms with E-state index in [1.54, 1.807) is 12.3 Å². The summed E-state index contributed by atoms with van der Waals surface area (Å²) in [6, 6.07) is 13.1. The lowest BCUT2D eigenvalue weighted by Crippen LogP contribution is -2.26. The number of hydrogen-bond donors (Lipinski definition) is 3. The highest BCUT2D eigenvalue weighted by Crippen LogP contribution is 2.42. The second kappa shape index (κ2) is 6.02. The van der Waals surface area contributed by atoms with Crippen molar-refractivity contribution in [2.45, 2.75) is 26.7 Å². The van der Waals surface area contributed by atoms with Crippen LogP contribution in [0.4, 0.5) is 11.4 Å². The Morgan fingerprint density at radius 1 is 1.04 bits per heavy atom. The predicted molar refractivity (Wildman–Crippen MR) is 103 cm³/mol. The van der Waals surface area contributed by atoms with Gasteiger partial charge in [-0.3, -0.25) is 9.59 Å². The van der Waals surface area contributed by atoms with E-state index in [4.69, 9.17) is 0 Å². The van der Waals surface area contributed by atoms with Gasteiger partial charge in [0.2, 0.25) is 5.56 Å². The number of hydrogen-bond acceptors (Lipinski definition) is 3. The lowest BCUT2D eigenvalue weighted by Gasteiger charge is -2.28. The number of ketones is 1. The molecule has 5 heteroatoms. The molecule has 0 fully saturated rings. The van der Waals surface area contributed by atoms with E-state index in [1.807, 2.05) is 36.4 Å². The molecule has 2 aromatic heterocycles. The number of Topliss-reactive ketones (excluding diaryl/α,β-unsaturated/α-hetero) is 1. The van der Waals surface area contributed by atoms with Gasteiger partial charge in [-0.25, -0.2) is 0 Å². The maximum absolute atomic E-state index is 12.9. The summed E-state index contributed by atoms with van der Waals surface area (Å²) in [5.41, 5.74) is 4.57. The fourth-order valence-electron chi connectivity index (χ4n) is 3.66. The van der Waals surface area contributed by atoms with Crippen molar-refractivity contribution in [1.82, 2.24) is 9.97 Å². The SMILES string of the molecule is CC1(C)CC(=O)c2c([nH]c(-c3cc[nH]c(=O)c3)c2Nc2ccccc2)C1. The van der Waals surface area contributed by atoms with Crippen LogP contribution in [0.3, 0.4) is 0 Å². The molecule has 5 nitrogen and oxygen atoms in total. The zero-order valence-electron chi connectivity index (χ0n) is 14.8. The van der Waals surface area contributed by atoms with Gasteiger partial charge in [-0.05, 0) is 30.0 Å². The van der Waals surface area contributed by atoms with E-state index in [0.29, 0.717) is 12.0 Å². The van der Waals surface area contributed by atoms with Crippen molar-refractivity contribution in [2.24, 2.45) is 5.41 Å². The normalized spacial score (nSPS) is 15.5. The standard InChI is InChI=1S/C21H21N3O2/c1-21(2)11-15-18(16(25)12-21)20(23-14-6-4-3-5-7-14)19(24-15)13-8-9-22-17(26)10-13/h3-10,23-24H,11-12H2,1-2H3,(H,22,26). The third kappa shape index (κ3) is 2.96.